The Balaban J connectivity index is 1.51. The molecule has 3 aliphatic rings. The average molecular weight is 514 g/mol. The molecule has 4 heterocycles. The molecule has 2 amide bonds. The molecule has 1 aliphatic carbocycles. The summed E-state index contributed by atoms with van der Waals surface area (Å²) in [6.45, 7) is 4.01. The van der Waals surface area contributed by atoms with Crippen molar-refractivity contribution in [2.75, 3.05) is 37.7 Å². The molecule has 0 radical (unpaired) electrons. The van der Waals surface area contributed by atoms with Gasteiger partial charge in [-0.2, -0.15) is 0 Å². The van der Waals surface area contributed by atoms with Crippen LogP contribution in [-0.2, 0) is 9.53 Å². The van der Waals surface area contributed by atoms with E-state index in [0.29, 0.717) is 59.0 Å². The topological polar surface area (TPSA) is 87.5 Å². The first-order valence-electron chi connectivity index (χ1n) is 11.9. The second kappa shape index (κ2) is 9.98. The molecule has 0 N–H and O–H groups in total. The van der Waals surface area contributed by atoms with E-state index in [0.717, 1.165) is 25.7 Å². The molecule has 0 spiro atoms. The first-order valence-corrected chi connectivity index (χ1v) is 13.2. The van der Waals surface area contributed by atoms with Crippen molar-refractivity contribution in [2.45, 2.75) is 38.6 Å². The van der Waals surface area contributed by atoms with Crippen molar-refractivity contribution in [3.63, 3.8) is 0 Å². The SMILES string of the molecule is CCOC(=O)N1CCN(c2nc3ccccn3c(=O)c2/C=C2/SC(=S)N(C3CCCC3)C2=O)CC1. The summed E-state index contributed by atoms with van der Waals surface area (Å²) in [5.41, 5.74) is 0.630. The summed E-state index contributed by atoms with van der Waals surface area (Å²) >= 11 is 6.79. The van der Waals surface area contributed by atoms with Crippen molar-refractivity contribution in [1.29, 1.82) is 0 Å². The van der Waals surface area contributed by atoms with Crippen molar-refractivity contribution >= 4 is 57.8 Å². The molecule has 184 valence electrons. The van der Waals surface area contributed by atoms with Crippen LogP contribution in [-0.4, -0.2) is 74.3 Å². The number of thioether (sulfide) groups is 1. The van der Waals surface area contributed by atoms with Crippen LogP contribution in [0.1, 0.15) is 38.2 Å². The highest BCUT2D eigenvalue weighted by atomic mass is 32.2. The predicted molar refractivity (Wildman–Crippen MR) is 140 cm³/mol. The van der Waals surface area contributed by atoms with E-state index in [1.807, 2.05) is 11.0 Å². The van der Waals surface area contributed by atoms with Crippen molar-refractivity contribution in [2.24, 2.45) is 0 Å². The van der Waals surface area contributed by atoms with Crippen molar-refractivity contribution in [1.82, 2.24) is 19.2 Å². The maximum absolute atomic E-state index is 13.6. The maximum Gasteiger partial charge on any atom is 0.409 e. The molecule has 9 nitrogen and oxygen atoms in total. The molecule has 35 heavy (non-hydrogen) atoms. The normalized spacial score (nSPS) is 20.5. The van der Waals surface area contributed by atoms with Gasteiger partial charge in [-0.25, -0.2) is 9.78 Å². The first kappa shape index (κ1) is 23.8. The van der Waals surface area contributed by atoms with Crippen LogP contribution in [0, 0.1) is 0 Å². The fourth-order valence-corrected chi connectivity index (χ4v) is 6.24. The Morgan fingerprint density at radius 1 is 1.20 bits per heavy atom. The summed E-state index contributed by atoms with van der Waals surface area (Å²) in [6, 6.07) is 5.52. The molecule has 0 atom stereocenters. The zero-order valence-electron chi connectivity index (χ0n) is 19.5. The van der Waals surface area contributed by atoms with E-state index in [1.165, 1.54) is 16.2 Å². The Morgan fingerprint density at radius 2 is 1.94 bits per heavy atom. The minimum atomic E-state index is -0.338. The molecule has 2 aliphatic heterocycles. The maximum atomic E-state index is 13.6. The van der Waals surface area contributed by atoms with Gasteiger partial charge in [0.15, 0.2) is 0 Å². The number of rotatable bonds is 4. The largest absolute Gasteiger partial charge is 0.450 e. The molecule has 0 aromatic carbocycles. The van der Waals surface area contributed by atoms with Crippen LogP contribution in [0.5, 0.6) is 0 Å². The van der Waals surface area contributed by atoms with Gasteiger partial charge >= 0.3 is 6.09 Å². The standard InChI is InChI=1S/C24H27N5O4S2/c1-2-33-23(32)27-13-11-26(12-14-27)20-17(21(30)28-10-6-5-9-19(28)25-20)15-18-22(31)29(24(34)35-18)16-7-3-4-8-16/h5-6,9-10,15-16H,2-4,7-8,11-14H2,1H3/b18-15+. The summed E-state index contributed by atoms with van der Waals surface area (Å²) < 4.78 is 7.15. The lowest BCUT2D eigenvalue weighted by Gasteiger charge is -2.35. The highest BCUT2D eigenvalue weighted by Crippen LogP contribution is 2.38. The van der Waals surface area contributed by atoms with Gasteiger partial charge in [0.2, 0.25) is 0 Å². The summed E-state index contributed by atoms with van der Waals surface area (Å²) in [4.78, 5) is 49.6. The van der Waals surface area contributed by atoms with Gasteiger partial charge in [-0.1, -0.05) is 42.9 Å². The third-order valence-corrected chi connectivity index (χ3v) is 7.97. The number of nitrogens with zero attached hydrogens (tertiary/aromatic N) is 5. The van der Waals surface area contributed by atoms with Gasteiger partial charge < -0.3 is 14.5 Å². The molecule has 2 aromatic rings. The van der Waals surface area contributed by atoms with Crippen LogP contribution in [0.25, 0.3) is 11.7 Å². The zero-order chi connectivity index (χ0) is 24.5. The lowest BCUT2D eigenvalue weighted by molar-refractivity contribution is -0.123. The second-order valence-corrected chi connectivity index (χ2v) is 10.4. The fourth-order valence-electron chi connectivity index (χ4n) is 4.86. The predicted octanol–water partition coefficient (Wildman–Crippen LogP) is 3.12. The molecule has 11 heteroatoms. The van der Waals surface area contributed by atoms with Gasteiger partial charge in [0, 0.05) is 38.4 Å². The van der Waals surface area contributed by atoms with E-state index in [1.54, 1.807) is 41.1 Å². The van der Waals surface area contributed by atoms with Crippen molar-refractivity contribution < 1.29 is 14.3 Å². The van der Waals surface area contributed by atoms with E-state index in [9.17, 15) is 14.4 Å². The monoisotopic (exact) mass is 513 g/mol. The highest BCUT2D eigenvalue weighted by Gasteiger charge is 2.38. The van der Waals surface area contributed by atoms with Crippen molar-refractivity contribution in [3.8, 4) is 0 Å². The molecule has 0 unspecified atom stereocenters. The number of anilines is 1. The minimum Gasteiger partial charge on any atom is -0.450 e. The lowest BCUT2D eigenvalue weighted by atomic mass is 10.2. The Morgan fingerprint density at radius 3 is 2.66 bits per heavy atom. The molecule has 5 rings (SSSR count). The van der Waals surface area contributed by atoms with Crippen LogP contribution < -0.4 is 10.5 Å². The summed E-state index contributed by atoms with van der Waals surface area (Å²) in [5.74, 6) is 0.374. The summed E-state index contributed by atoms with van der Waals surface area (Å²) in [6.07, 6.45) is 7.09. The Labute approximate surface area is 212 Å². The van der Waals surface area contributed by atoms with Crippen LogP contribution >= 0.6 is 24.0 Å². The van der Waals surface area contributed by atoms with E-state index in [4.69, 9.17) is 21.9 Å². The second-order valence-electron chi connectivity index (χ2n) is 8.75. The van der Waals surface area contributed by atoms with E-state index in [2.05, 4.69) is 0 Å². The molecule has 0 bridgehead atoms. The zero-order valence-corrected chi connectivity index (χ0v) is 21.1. The number of ether oxygens (including phenoxy) is 1. The number of hydrogen-bond donors (Lipinski definition) is 0. The van der Waals surface area contributed by atoms with Gasteiger partial charge in [0.05, 0.1) is 17.1 Å². The molecular formula is C24H27N5O4S2. The molecule has 3 fully saturated rings. The quantitative estimate of drug-likeness (QED) is 0.455. The van der Waals surface area contributed by atoms with Gasteiger partial charge in [-0.05, 0) is 38.0 Å². The third-order valence-electron chi connectivity index (χ3n) is 6.64. The van der Waals surface area contributed by atoms with Gasteiger partial charge in [0.1, 0.15) is 15.8 Å². The Bertz CT molecular complexity index is 1260. The number of piperazine rings is 1. The number of carbonyl (C=O) groups is 2. The molecule has 2 aromatic heterocycles. The average Bonchev–Trinajstić information content (AvgIpc) is 3.48. The number of thiocarbonyl (C=S) groups is 1. The highest BCUT2D eigenvalue weighted by molar-refractivity contribution is 8.26. The van der Waals surface area contributed by atoms with Gasteiger partial charge in [-0.15, -0.1) is 0 Å². The van der Waals surface area contributed by atoms with Gasteiger partial charge in [-0.3, -0.25) is 18.9 Å². The third kappa shape index (κ3) is 4.54. The van der Waals surface area contributed by atoms with Crippen molar-refractivity contribution in [3.05, 3.63) is 45.2 Å². The first-order chi connectivity index (χ1) is 17.0. The lowest BCUT2D eigenvalue weighted by Crippen LogP contribution is -2.49. The number of aromatic nitrogens is 2. The number of amides is 2. The van der Waals surface area contributed by atoms with E-state index >= 15 is 0 Å². The van der Waals surface area contributed by atoms with Crippen LogP contribution in [0.2, 0.25) is 0 Å². The fraction of sp³-hybridized carbons (Fsp3) is 0.458. The minimum absolute atomic E-state index is 0.137. The number of pyridine rings is 1. The van der Waals surface area contributed by atoms with E-state index in [-0.39, 0.29) is 23.6 Å². The number of hydrogen-bond acceptors (Lipinski definition) is 8. The van der Waals surface area contributed by atoms with Gasteiger partial charge in [0.25, 0.3) is 11.5 Å². The number of fused-ring (bicyclic) bond motifs is 1. The smallest absolute Gasteiger partial charge is 0.409 e. The number of carbonyl (C=O) groups excluding carboxylic acids is 2. The van der Waals surface area contributed by atoms with Crippen LogP contribution in [0.3, 0.4) is 0 Å². The molecule has 1 saturated carbocycles. The summed E-state index contributed by atoms with van der Waals surface area (Å²) in [5, 5.41) is 0. The Hall–Kier alpha value is -2.92. The molecule has 2 saturated heterocycles. The Kier molecular flexibility index (Phi) is 6.79. The van der Waals surface area contributed by atoms with Crippen LogP contribution in [0.4, 0.5) is 10.6 Å². The molecular weight excluding hydrogens is 486 g/mol. The van der Waals surface area contributed by atoms with Crippen LogP contribution in [0.15, 0.2) is 34.1 Å². The van der Waals surface area contributed by atoms with E-state index < -0.39 is 0 Å². The summed E-state index contributed by atoms with van der Waals surface area (Å²) in [7, 11) is 0.